The SMILES string of the molecule is [C-]1=CC=CC1.[Cl-].[Cl-].[Zr+2]=[C](C(c1ccccc1)c1ccccc1)C(c1ccccc1)c1ccccc1.[c-]1cccc2c1Cc1ccccc1-2. The van der Waals surface area contributed by atoms with E-state index in [2.05, 4.69) is 176 Å². The number of halogens is 2. The molecule has 0 heterocycles. The van der Waals surface area contributed by atoms with Crippen molar-refractivity contribution in [2.75, 3.05) is 0 Å². The van der Waals surface area contributed by atoms with Crippen LogP contribution < -0.4 is 24.8 Å². The summed E-state index contributed by atoms with van der Waals surface area (Å²) in [4.78, 5) is 0. The van der Waals surface area contributed by atoms with Crippen LogP contribution in [0.4, 0.5) is 0 Å². The van der Waals surface area contributed by atoms with E-state index >= 15 is 0 Å². The molecule has 0 aromatic heterocycles. The van der Waals surface area contributed by atoms with Gasteiger partial charge in [0.1, 0.15) is 0 Å². The molecule has 0 amide bonds. The van der Waals surface area contributed by atoms with E-state index in [1.165, 1.54) is 71.9 Å². The zero-order chi connectivity index (χ0) is 31.4. The molecule has 0 saturated heterocycles. The van der Waals surface area contributed by atoms with Crippen LogP contribution in [0, 0.1) is 12.1 Å². The van der Waals surface area contributed by atoms with Gasteiger partial charge in [0.2, 0.25) is 0 Å². The third-order valence-electron chi connectivity index (χ3n) is 8.36. The molecule has 0 fully saturated rings. The summed E-state index contributed by atoms with van der Waals surface area (Å²) in [5, 5.41) is 0. The Balaban J connectivity index is 0.000000214. The van der Waals surface area contributed by atoms with Gasteiger partial charge in [0.15, 0.2) is 0 Å². The minimum atomic E-state index is 0. The van der Waals surface area contributed by atoms with Gasteiger partial charge < -0.3 is 24.8 Å². The second-order valence-corrected chi connectivity index (χ2v) is 12.8. The molecule has 0 N–H and O–H groups in total. The van der Waals surface area contributed by atoms with E-state index in [-0.39, 0.29) is 36.6 Å². The first kappa shape index (κ1) is 37.0. The van der Waals surface area contributed by atoms with Crippen LogP contribution in [0.15, 0.2) is 182 Å². The van der Waals surface area contributed by atoms with Crippen molar-refractivity contribution in [3.63, 3.8) is 0 Å². The summed E-state index contributed by atoms with van der Waals surface area (Å²) >= 11 is 1.47. The summed E-state index contributed by atoms with van der Waals surface area (Å²) in [6, 6.07) is 61.7. The Morgan fingerprint density at radius 1 is 0.521 bits per heavy atom. The van der Waals surface area contributed by atoms with Crippen molar-refractivity contribution in [3.8, 4) is 11.1 Å². The average Bonchev–Trinajstić information content (AvgIpc) is 3.83. The maximum atomic E-state index is 3.30. The summed E-state index contributed by atoms with van der Waals surface area (Å²) in [5.41, 5.74) is 10.9. The van der Waals surface area contributed by atoms with E-state index < -0.39 is 0 Å². The molecule has 0 nitrogen and oxygen atoms in total. The van der Waals surface area contributed by atoms with Crippen LogP contribution in [0.1, 0.15) is 51.6 Å². The second-order valence-electron chi connectivity index (χ2n) is 11.4. The van der Waals surface area contributed by atoms with Gasteiger partial charge in [-0.15, -0.1) is 12.0 Å². The Bertz CT molecular complexity index is 1680. The first-order valence-electron chi connectivity index (χ1n) is 15.9. The molecule has 236 valence electrons. The summed E-state index contributed by atoms with van der Waals surface area (Å²) in [5.74, 6) is 0.567. The Kier molecular flexibility index (Phi) is 14.8. The number of benzene rings is 6. The van der Waals surface area contributed by atoms with E-state index in [1.807, 2.05) is 18.2 Å². The number of hydrogen-bond donors (Lipinski definition) is 0. The van der Waals surface area contributed by atoms with Crippen molar-refractivity contribution < 1.29 is 49.0 Å². The van der Waals surface area contributed by atoms with Gasteiger partial charge >= 0.3 is 183 Å². The van der Waals surface area contributed by atoms with Gasteiger partial charge in [0.05, 0.1) is 0 Å². The van der Waals surface area contributed by atoms with Crippen LogP contribution in [-0.2, 0) is 30.7 Å². The molecule has 8 rings (SSSR count). The molecule has 0 atom stereocenters. The van der Waals surface area contributed by atoms with Crippen molar-refractivity contribution in [2.24, 2.45) is 0 Å². The fourth-order valence-corrected chi connectivity index (χ4v) is 7.83. The second kappa shape index (κ2) is 19.2. The van der Waals surface area contributed by atoms with Crippen molar-refractivity contribution >= 4 is 3.21 Å². The van der Waals surface area contributed by atoms with Gasteiger partial charge in [-0.05, 0) is 6.42 Å². The van der Waals surface area contributed by atoms with E-state index in [4.69, 9.17) is 0 Å². The molecular weight excluding hydrogens is 703 g/mol. The molecule has 6 aromatic rings. The van der Waals surface area contributed by atoms with Crippen LogP contribution in [0.3, 0.4) is 0 Å². The Morgan fingerprint density at radius 3 is 1.38 bits per heavy atom. The van der Waals surface area contributed by atoms with Gasteiger partial charge in [-0.25, -0.2) is 12.2 Å². The Labute approximate surface area is 313 Å². The van der Waals surface area contributed by atoms with Crippen molar-refractivity contribution in [1.29, 1.82) is 0 Å². The summed E-state index contributed by atoms with van der Waals surface area (Å²) < 4.78 is 1.53. The van der Waals surface area contributed by atoms with Crippen LogP contribution in [-0.4, -0.2) is 3.21 Å². The van der Waals surface area contributed by atoms with Crippen molar-refractivity contribution in [3.05, 3.63) is 228 Å². The molecule has 0 spiro atoms. The Hall–Kier alpha value is -3.87. The summed E-state index contributed by atoms with van der Waals surface area (Å²) in [7, 11) is 0. The molecule has 0 aliphatic heterocycles. The quantitative estimate of drug-likeness (QED) is 0.217. The monoisotopic (exact) mass is 736 g/mol. The first-order chi connectivity index (χ1) is 22.8. The zero-order valence-electron chi connectivity index (χ0n) is 26.6. The number of hydrogen-bond acceptors (Lipinski definition) is 0. The van der Waals surface area contributed by atoms with Crippen LogP contribution in [0.2, 0.25) is 0 Å². The topological polar surface area (TPSA) is 0 Å². The summed E-state index contributed by atoms with van der Waals surface area (Å²) in [6.07, 6.45) is 11.0. The molecule has 2 aliphatic carbocycles. The van der Waals surface area contributed by atoms with Gasteiger partial charge in [0.25, 0.3) is 0 Å². The maximum absolute atomic E-state index is 3.30. The number of allylic oxidation sites excluding steroid dienone is 4. The zero-order valence-corrected chi connectivity index (χ0v) is 30.6. The average molecular weight is 739 g/mol. The molecule has 0 unspecified atom stereocenters. The fourth-order valence-electron chi connectivity index (χ4n) is 6.19. The molecule has 48 heavy (non-hydrogen) atoms. The van der Waals surface area contributed by atoms with Crippen molar-refractivity contribution in [1.82, 2.24) is 0 Å². The van der Waals surface area contributed by atoms with Gasteiger partial charge in [-0.2, -0.15) is 35.9 Å². The largest absolute Gasteiger partial charge is 0.179 e. The molecule has 0 radical (unpaired) electrons. The first-order valence-corrected chi connectivity index (χ1v) is 17.1. The van der Waals surface area contributed by atoms with Crippen LogP contribution in [0.25, 0.3) is 11.1 Å². The fraction of sp³-hybridized carbons (Fsp3) is 0.0889. The van der Waals surface area contributed by atoms with Gasteiger partial charge in [-0.1, -0.05) is 35.4 Å². The van der Waals surface area contributed by atoms with Gasteiger partial charge in [0, 0.05) is 0 Å². The third-order valence-corrected chi connectivity index (χ3v) is 9.78. The molecule has 0 saturated carbocycles. The van der Waals surface area contributed by atoms with Crippen molar-refractivity contribution in [2.45, 2.75) is 24.7 Å². The minimum Gasteiger partial charge on any atom is -0.179 e. The van der Waals surface area contributed by atoms with E-state index in [1.54, 1.807) is 0 Å². The van der Waals surface area contributed by atoms with E-state index in [9.17, 15) is 0 Å². The van der Waals surface area contributed by atoms with Crippen LogP contribution >= 0.6 is 0 Å². The molecular formula is C45H36Cl2Zr-2. The minimum absolute atomic E-state index is 0. The van der Waals surface area contributed by atoms with Gasteiger partial charge in [-0.3, -0.25) is 6.08 Å². The molecule has 3 heteroatoms. The number of fused-ring (bicyclic) bond motifs is 3. The predicted octanol–water partition coefficient (Wildman–Crippen LogP) is 4.74. The smallest absolute Gasteiger partial charge is 0.0253 e. The third kappa shape index (κ3) is 9.39. The van der Waals surface area contributed by atoms with E-state index in [0.29, 0.717) is 0 Å². The van der Waals surface area contributed by atoms with Crippen LogP contribution in [0.5, 0.6) is 0 Å². The predicted molar refractivity (Wildman–Crippen MR) is 190 cm³/mol. The van der Waals surface area contributed by atoms with E-state index in [0.717, 1.165) is 12.8 Å². The maximum Gasteiger partial charge on any atom is -0.0253 e. The standard InChI is InChI=1S/C27H22.C13H9.C5H5.2ClH.Zr/c1-5-13-22(14-6-1)26(23-15-7-2-8-16-23)21-27(24-17-9-3-10-18-24)25-19-11-4-12-20-25;1-3-7-12-10(5-1)9-11-6-2-4-8-13(11)12;1-2-4-5-3-1;;;/h1-20,26-27H;1-5,7-8H,9H2;1-3H,4H2;2*1H;/q;2*-1;;;+2/p-2. The Morgan fingerprint density at radius 2 is 0.958 bits per heavy atom. The summed E-state index contributed by atoms with van der Waals surface area (Å²) in [6.45, 7) is 0. The molecule has 6 aromatic carbocycles. The molecule has 2 aliphatic rings. The molecule has 0 bridgehead atoms. The number of rotatable bonds is 6. The normalized spacial score (nSPS) is 11.6.